The van der Waals surface area contributed by atoms with Crippen LogP contribution in [0.25, 0.3) is 0 Å². The molecule has 0 N–H and O–H groups in total. The fourth-order valence-electron chi connectivity index (χ4n) is 1.47. The van der Waals surface area contributed by atoms with Crippen LogP contribution in [-0.2, 0) is 9.22 Å². The minimum absolute atomic E-state index is 0.0291. The molecule has 0 rings (SSSR count). The second-order valence-corrected chi connectivity index (χ2v) is 9.03. The highest BCUT2D eigenvalue weighted by atomic mass is 35.5. The van der Waals surface area contributed by atoms with Crippen molar-refractivity contribution in [1.82, 2.24) is 0 Å². The van der Waals surface area contributed by atoms with Gasteiger partial charge in [-0.15, -0.1) is 0 Å². The fourth-order valence-corrected chi connectivity index (χ4v) is 4.19. The Morgan fingerprint density at radius 2 is 2.07 bits per heavy atom. The standard InChI is InChI=1S/C10H21ClO2Si/c1-5-6-7-14(3,4)13-9(2)8-10(11)12/h9H,5-8H2,1-4H3. The van der Waals surface area contributed by atoms with Gasteiger partial charge in [0.2, 0.25) is 5.24 Å². The lowest BCUT2D eigenvalue weighted by atomic mass is 10.3. The van der Waals surface area contributed by atoms with Gasteiger partial charge in [0.05, 0.1) is 6.10 Å². The third kappa shape index (κ3) is 7.53. The molecule has 0 aliphatic heterocycles. The molecular formula is C10H21ClO2Si. The minimum atomic E-state index is -1.57. The molecule has 1 unspecified atom stereocenters. The highest BCUT2D eigenvalue weighted by molar-refractivity contribution is 6.71. The Hall–Kier alpha value is 0.137. The average Bonchev–Trinajstić information content (AvgIpc) is 1.98. The zero-order chi connectivity index (χ0) is 11.2. The zero-order valence-electron chi connectivity index (χ0n) is 9.60. The van der Waals surface area contributed by atoms with Gasteiger partial charge in [0.25, 0.3) is 0 Å². The Kier molecular flexibility index (Phi) is 6.65. The van der Waals surface area contributed by atoms with Crippen LogP contribution in [0, 0.1) is 0 Å². The molecule has 0 aromatic carbocycles. The van der Waals surface area contributed by atoms with E-state index in [-0.39, 0.29) is 11.3 Å². The van der Waals surface area contributed by atoms with Crippen molar-refractivity contribution in [3.63, 3.8) is 0 Å². The summed E-state index contributed by atoms with van der Waals surface area (Å²) in [5.74, 6) is 0. The monoisotopic (exact) mass is 236 g/mol. The van der Waals surface area contributed by atoms with E-state index >= 15 is 0 Å². The minimum Gasteiger partial charge on any atom is -0.414 e. The Morgan fingerprint density at radius 1 is 1.50 bits per heavy atom. The van der Waals surface area contributed by atoms with Crippen molar-refractivity contribution < 1.29 is 9.22 Å². The molecule has 14 heavy (non-hydrogen) atoms. The first-order chi connectivity index (χ1) is 6.37. The quantitative estimate of drug-likeness (QED) is 0.499. The van der Waals surface area contributed by atoms with Crippen molar-refractivity contribution in [2.45, 2.75) is 58.4 Å². The maximum atomic E-state index is 10.7. The number of unbranched alkanes of at least 4 members (excludes halogenated alkanes) is 1. The van der Waals surface area contributed by atoms with E-state index in [9.17, 15) is 4.79 Å². The largest absolute Gasteiger partial charge is 0.414 e. The summed E-state index contributed by atoms with van der Waals surface area (Å²) in [7, 11) is -1.57. The maximum absolute atomic E-state index is 10.7. The van der Waals surface area contributed by atoms with Crippen LogP contribution in [0.1, 0.15) is 33.1 Å². The van der Waals surface area contributed by atoms with E-state index in [0.717, 1.165) is 6.04 Å². The van der Waals surface area contributed by atoms with Crippen molar-refractivity contribution in [2.24, 2.45) is 0 Å². The Morgan fingerprint density at radius 3 is 2.50 bits per heavy atom. The first-order valence-electron chi connectivity index (χ1n) is 5.23. The molecule has 0 saturated carbocycles. The summed E-state index contributed by atoms with van der Waals surface area (Å²) in [6.07, 6.45) is 2.70. The first-order valence-corrected chi connectivity index (χ1v) is 8.73. The van der Waals surface area contributed by atoms with Crippen molar-refractivity contribution in [3.8, 4) is 0 Å². The molecule has 0 saturated heterocycles. The van der Waals surface area contributed by atoms with Gasteiger partial charge in [0.15, 0.2) is 8.32 Å². The third-order valence-corrected chi connectivity index (χ3v) is 4.85. The van der Waals surface area contributed by atoms with Crippen LogP contribution < -0.4 is 0 Å². The molecule has 1 atom stereocenters. The van der Waals surface area contributed by atoms with Gasteiger partial charge in [-0.25, -0.2) is 0 Å². The van der Waals surface area contributed by atoms with E-state index < -0.39 is 8.32 Å². The number of hydrogen-bond acceptors (Lipinski definition) is 2. The van der Waals surface area contributed by atoms with Gasteiger partial charge in [-0.2, -0.15) is 0 Å². The van der Waals surface area contributed by atoms with E-state index in [2.05, 4.69) is 20.0 Å². The van der Waals surface area contributed by atoms with Gasteiger partial charge >= 0.3 is 0 Å². The molecule has 0 aliphatic rings. The molecule has 0 amide bonds. The highest BCUT2D eigenvalue weighted by Crippen LogP contribution is 2.18. The van der Waals surface area contributed by atoms with Gasteiger partial charge in [-0.05, 0) is 37.7 Å². The van der Waals surface area contributed by atoms with Crippen molar-refractivity contribution in [3.05, 3.63) is 0 Å². The van der Waals surface area contributed by atoms with E-state index in [1.807, 2.05) is 6.92 Å². The molecule has 0 aromatic heterocycles. The Labute approximate surface area is 93.1 Å². The van der Waals surface area contributed by atoms with Gasteiger partial charge in [0, 0.05) is 6.42 Å². The SMILES string of the molecule is CCCC[Si](C)(C)OC(C)CC(=O)Cl. The summed E-state index contributed by atoms with van der Waals surface area (Å²) >= 11 is 5.30. The lowest BCUT2D eigenvalue weighted by Gasteiger charge is -2.26. The molecular weight excluding hydrogens is 216 g/mol. The zero-order valence-corrected chi connectivity index (χ0v) is 11.4. The van der Waals surface area contributed by atoms with Crippen LogP contribution in [-0.4, -0.2) is 19.7 Å². The van der Waals surface area contributed by atoms with E-state index in [1.54, 1.807) is 0 Å². The molecule has 0 aromatic rings. The number of halogens is 1. The summed E-state index contributed by atoms with van der Waals surface area (Å²) in [6, 6.07) is 1.16. The molecule has 0 spiro atoms. The second-order valence-electron chi connectivity index (χ2n) is 4.35. The van der Waals surface area contributed by atoms with Crippen molar-refractivity contribution in [2.75, 3.05) is 0 Å². The number of carbonyl (C=O) groups is 1. The van der Waals surface area contributed by atoms with Crippen LogP contribution in [0.2, 0.25) is 19.1 Å². The molecule has 0 aliphatic carbocycles. The number of hydrogen-bond donors (Lipinski definition) is 0. The first kappa shape index (κ1) is 14.1. The second kappa shape index (κ2) is 6.59. The number of carbonyl (C=O) groups excluding carboxylic acids is 1. The van der Waals surface area contributed by atoms with Gasteiger partial charge in [-0.1, -0.05) is 19.8 Å². The van der Waals surface area contributed by atoms with E-state index in [1.165, 1.54) is 12.8 Å². The topological polar surface area (TPSA) is 26.3 Å². The van der Waals surface area contributed by atoms with Gasteiger partial charge < -0.3 is 4.43 Å². The molecule has 0 heterocycles. The van der Waals surface area contributed by atoms with Gasteiger partial charge in [0.1, 0.15) is 0 Å². The predicted octanol–water partition coefficient (Wildman–Crippen LogP) is 3.55. The van der Waals surface area contributed by atoms with Crippen LogP contribution in [0.4, 0.5) is 0 Å². The molecule has 0 bridgehead atoms. The third-order valence-electron chi connectivity index (χ3n) is 2.10. The fraction of sp³-hybridized carbons (Fsp3) is 0.900. The maximum Gasteiger partial charge on any atom is 0.224 e. The molecule has 0 fully saturated rings. The molecule has 84 valence electrons. The van der Waals surface area contributed by atoms with E-state index in [4.69, 9.17) is 16.0 Å². The van der Waals surface area contributed by atoms with Crippen LogP contribution in [0.3, 0.4) is 0 Å². The average molecular weight is 237 g/mol. The van der Waals surface area contributed by atoms with E-state index in [0.29, 0.717) is 6.42 Å². The molecule has 0 radical (unpaired) electrons. The summed E-state index contributed by atoms with van der Waals surface area (Å²) in [5, 5.41) is -0.308. The smallest absolute Gasteiger partial charge is 0.224 e. The summed E-state index contributed by atoms with van der Waals surface area (Å²) in [6.45, 7) is 8.48. The molecule has 4 heteroatoms. The lowest BCUT2D eigenvalue weighted by Crippen LogP contribution is -2.34. The summed E-state index contributed by atoms with van der Waals surface area (Å²) in [5.41, 5.74) is 0. The van der Waals surface area contributed by atoms with Crippen LogP contribution >= 0.6 is 11.6 Å². The van der Waals surface area contributed by atoms with Crippen molar-refractivity contribution >= 4 is 25.2 Å². The Bertz CT molecular complexity index is 183. The van der Waals surface area contributed by atoms with Crippen LogP contribution in [0.15, 0.2) is 0 Å². The summed E-state index contributed by atoms with van der Waals surface area (Å²) in [4.78, 5) is 10.7. The predicted molar refractivity (Wildman–Crippen MR) is 63.2 cm³/mol. The highest BCUT2D eigenvalue weighted by Gasteiger charge is 2.24. The van der Waals surface area contributed by atoms with Crippen LogP contribution in [0.5, 0.6) is 0 Å². The molecule has 2 nitrogen and oxygen atoms in total. The Balaban J connectivity index is 3.87. The van der Waals surface area contributed by atoms with Gasteiger partial charge in [-0.3, -0.25) is 4.79 Å². The number of rotatable bonds is 7. The van der Waals surface area contributed by atoms with Crippen molar-refractivity contribution in [1.29, 1.82) is 0 Å². The normalized spacial score (nSPS) is 14.1. The summed E-state index contributed by atoms with van der Waals surface area (Å²) < 4.78 is 5.88. The lowest BCUT2D eigenvalue weighted by molar-refractivity contribution is -0.113.